The lowest BCUT2D eigenvalue weighted by molar-refractivity contribution is 0.0975. The molecule has 1 fully saturated rings. The molecule has 2 heteroatoms. The van der Waals surface area contributed by atoms with Crippen molar-refractivity contribution < 1.29 is 9.47 Å². The van der Waals surface area contributed by atoms with Crippen LogP contribution in [0.1, 0.15) is 109 Å². The minimum absolute atomic E-state index is 0.404. The number of aryl methyl sites for hydroxylation is 2. The van der Waals surface area contributed by atoms with Crippen molar-refractivity contribution in [3.05, 3.63) is 71.8 Å². The maximum absolute atomic E-state index is 7.18. The van der Waals surface area contributed by atoms with Crippen LogP contribution >= 0.6 is 0 Å². The standard InChI is InChI=1S/C42H54O2/c1-4-7-9-18-34-26-32-16-11-13-20-37(32)39-40-38-21-14-12-17-33(38)27-35(19-10-8-5-2)42(40)44-29-36(28-43-41(34)39)31-24-22-30(15-6-3)23-25-31/h11-14,16-17,20-21,26-27,30-31,36H,4-10,15,18-19,22-25,28-29H2,1-3H3. The molecule has 2 nitrogen and oxygen atoms in total. The van der Waals surface area contributed by atoms with E-state index in [2.05, 4.69) is 81.4 Å². The second-order valence-electron chi connectivity index (χ2n) is 13.8. The Kier molecular flexibility index (Phi) is 10.5. The summed E-state index contributed by atoms with van der Waals surface area (Å²) < 4.78 is 14.4. The quantitative estimate of drug-likeness (QED) is 0.162. The zero-order valence-electron chi connectivity index (χ0n) is 27.6. The third-order valence-corrected chi connectivity index (χ3v) is 10.6. The van der Waals surface area contributed by atoms with E-state index in [1.807, 2.05) is 0 Å². The van der Waals surface area contributed by atoms with E-state index >= 15 is 0 Å². The molecule has 0 bridgehead atoms. The van der Waals surface area contributed by atoms with E-state index in [1.54, 1.807) is 0 Å². The van der Waals surface area contributed by atoms with Crippen LogP contribution in [-0.4, -0.2) is 13.2 Å². The Bertz CT molecular complexity index is 1420. The zero-order valence-corrected chi connectivity index (χ0v) is 27.6. The van der Waals surface area contributed by atoms with Crippen molar-refractivity contribution in [2.24, 2.45) is 17.8 Å². The van der Waals surface area contributed by atoms with Gasteiger partial charge in [-0.05, 0) is 95.2 Å². The van der Waals surface area contributed by atoms with Gasteiger partial charge in [0.1, 0.15) is 11.5 Å². The van der Waals surface area contributed by atoms with Crippen LogP contribution < -0.4 is 9.47 Å². The molecule has 234 valence electrons. The highest BCUT2D eigenvalue weighted by molar-refractivity contribution is 6.10. The molecule has 0 unspecified atom stereocenters. The summed E-state index contributed by atoms with van der Waals surface area (Å²) in [5, 5.41) is 5.16. The van der Waals surface area contributed by atoms with Gasteiger partial charge in [0.25, 0.3) is 0 Å². The molecule has 0 atom stereocenters. The molecule has 0 spiro atoms. The van der Waals surface area contributed by atoms with Gasteiger partial charge in [-0.15, -0.1) is 0 Å². The predicted molar refractivity (Wildman–Crippen MR) is 188 cm³/mol. The predicted octanol–water partition coefficient (Wildman–Crippen LogP) is 12.1. The van der Waals surface area contributed by atoms with Crippen molar-refractivity contribution in [2.75, 3.05) is 13.2 Å². The summed E-state index contributed by atoms with van der Waals surface area (Å²) in [5.74, 6) is 4.21. The van der Waals surface area contributed by atoms with E-state index in [9.17, 15) is 0 Å². The van der Waals surface area contributed by atoms with Gasteiger partial charge in [-0.1, -0.05) is 121 Å². The highest BCUT2D eigenvalue weighted by atomic mass is 16.5. The second-order valence-corrected chi connectivity index (χ2v) is 13.8. The molecule has 0 N–H and O–H groups in total. The van der Waals surface area contributed by atoms with Gasteiger partial charge in [-0.3, -0.25) is 0 Å². The van der Waals surface area contributed by atoms with Crippen molar-refractivity contribution >= 4 is 21.5 Å². The lowest BCUT2D eigenvalue weighted by atomic mass is 9.75. The van der Waals surface area contributed by atoms with E-state index in [4.69, 9.17) is 9.47 Å². The monoisotopic (exact) mass is 590 g/mol. The Labute approximate surface area is 266 Å². The van der Waals surface area contributed by atoms with E-state index in [-0.39, 0.29) is 0 Å². The highest BCUT2D eigenvalue weighted by Gasteiger charge is 2.32. The number of rotatable bonds is 11. The Morgan fingerprint density at radius 2 is 1.07 bits per heavy atom. The van der Waals surface area contributed by atoms with Crippen molar-refractivity contribution in [3.63, 3.8) is 0 Å². The number of ether oxygens (including phenoxy) is 2. The summed E-state index contributed by atoms with van der Waals surface area (Å²) in [6, 6.07) is 22.8. The molecule has 4 aromatic rings. The number of unbranched alkanes of at least 4 members (excludes halogenated alkanes) is 4. The van der Waals surface area contributed by atoms with Crippen LogP contribution in [0.2, 0.25) is 0 Å². The Balaban J connectivity index is 1.54. The van der Waals surface area contributed by atoms with Crippen LogP contribution in [0.5, 0.6) is 11.5 Å². The van der Waals surface area contributed by atoms with Crippen LogP contribution in [0.3, 0.4) is 0 Å². The third kappa shape index (κ3) is 6.65. The van der Waals surface area contributed by atoms with Crippen LogP contribution in [-0.2, 0) is 12.8 Å². The van der Waals surface area contributed by atoms with E-state index in [0.29, 0.717) is 11.8 Å². The molecule has 1 saturated carbocycles. The maximum atomic E-state index is 7.18. The smallest absolute Gasteiger partial charge is 0.131 e. The minimum atomic E-state index is 0.404. The lowest BCUT2D eigenvalue weighted by Crippen LogP contribution is -2.31. The zero-order chi connectivity index (χ0) is 30.3. The molecule has 0 radical (unpaired) electrons. The van der Waals surface area contributed by atoms with Crippen LogP contribution in [0.4, 0.5) is 0 Å². The molecule has 0 saturated heterocycles. The molecule has 0 aromatic heterocycles. The Hall–Kier alpha value is -3.00. The fourth-order valence-electron chi connectivity index (χ4n) is 8.16. The summed E-state index contributed by atoms with van der Waals surface area (Å²) in [5.41, 5.74) is 5.24. The fourth-order valence-corrected chi connectivity index (χ4v) is 8.16. The van der Waals surface area contributed by atoms with Crippen LogP contribution in [0, 0.1) is 17.8 Å². The van der Waals surface area contributed by atoms with Crippen molar-refractivity contribution in [1.82, 2.24) is 0 Å². The molecule has 44 heavy (non-hydrogen) atoms. The first kappa shape index (κ1) is 31.0. The molecule has 1 heterocycles. The normalized spacial score (nSPS) is 19.0. The number of hydrogen-bond donors (Lipinski definition) is 0. The SMILES string of the molecule is CCCCCc1cc2ccccc2c2c1OCC(C1CCC(CCC)CC1)COc1c(CCCCC)cc3ccccc3c1-2. The fraction of sp³-hybridized carbons (Fsp3) is 0.524. The Morgan fingerprint density at radius 1 is 0.568 bits per heavy atom. The topological polar surface area (TPSA) is 18.5 Å². The van der Waals surface area contributed by atoms with Gasteiger partial charge in [0.05, 0.1) is 13.2 Å². The van der Waals surface area contributed by atoms with Gasteiger partial charge in [0.2, 0.25) is 0 Å². The van der Waals surface area contributed by atoms with Gasteiger partial charge in [-0.2, -0.15) is 0 Å². The number of fused-ring (bicyclic) bond motifs is 7. The van der Waals surface area contributed by atoms with Crippen LogP contribution in [0.25, 0.3) is 32.7 Å². The Morgan fingerprint density at radius 3 is 1.55 bits per heavy atom. The molecule has 6 rings (SSSR count). The van der Waals surface area contributed by atoms with Gasteiger partial charge in [0.15, 0.2) is 0 Å². The van der Waals surface area contributed by atoms with E-state index < -0.39 is 0 Å². The molecule has 0 amide bonds. The van der Waals surface area contributed by atoms with Crippen molar-refractivity contribution in [2.45, 2.75) is 111 Å². The van der Waals surface area contributed by atoms with Gasteiger partial charge in [-0.25, -0.2) is 0 Å². The minimum Gasteiger partial charge on any atom is -0.492 e. The molecule has 4 aromatic carbocycles. The number of benzene rings is 4. The summed E-state index contributed by atoms with van der Waals surface area (Å²) in [6.07, 6.45) is 17.5. The molecular weight excluding hydrogens is 536 g/mol. The van der Waals surface area contributed by atoms with Crippen molar-refractivity contribution in [1.29, 1.82) is 0 Å². The molecule has 2 aliphatic rings. The first-order valence-electron chi connectivity index (χ1n) is 18.1. The summed E-state index contributed by atoms with van der Waals surface area (Å²) in [6.45, 7) is 8.42. The third-order valence-electron chi connectivity index (χ3n) is 10.6. The average Bonchev–Trinajstić information content (AvgIpc) is 3.14. The largest absolute Gasteiger partial charge is 0.492 e. The number of hydrogen-bond acceptors (Lipinski definition) is 2. The van der Waals surface area contributed by atoms with E-state index in [1.165, 1.54) is 121 Å². The summed E-state index contributed by atoms with van der Waals surface area (Å²) in [4.78, 5) is 0. The average molecular weight is 591 g/mol. The molecule has 1 aliphatic heterocycles. The highest BCUT2D eigenvalue weighted by Crippen LogP contribution is 2.50. The molecular formula is C42H54O2. The van der Waals surface area contributed by atoms with Crippen molar-refractivity contribution in [3.8, 4) is 22.6 Å². The van der Waals surface area contributed by atoms with Crippen LogP contribution in [0.15, 0.2) is 60.7 Å². The van der Waals surface area contributed by atoms with Gasteiger partial charge < -0.3 is 9.47 Å². The van der Waals surface area contributed by atoms with Gasteiger partial charge >= 0.3 is 0 Å². The summed E-state index contributed by atoms with van der Waals surface area (Å²) >= 11 is 0. The first-order valence-corrected chi connectivity index (χ1v) is 18.1. The molecule has 1 aliphatic carbocycles. The van der Waals surface area contributed by atoms with E-state index in [0.717, 1.165) is 43.5 Å². The maximum Gasteiger partial charge on any atom is 0.131 e. The summed E-state index contributed by atoms with van der Waals surface area (Å²) in [7, 11) is 0. The first-order chi connectivity index (χ1) is 21.7. The second kappa shape index (κ2) is 14.9. The van der Waals surface area contributed by atoms with Gasteiger partial charge in [0, 0.05) is 17.0 Å². The lowest BCUT2D eigenvalue weighted by Gasteiger charge is -2.33.